The Kier molecular flexibility index (Phi) is 3.27. The molecule has 0 fully saturated rings. The Bertz CT molecular complexity index is 341. The van der Waals surface area contributed by atoms with Gasteiger partial charge in [0.25, 0.3) is 0 Å². The summed E-state index contributed by atoms with van der Waals surface area (Å²) in [5.74, 6) is 0. The fourth-order valence-electron chi connectivity index (χ4n) is 2.07. The molecule has 1 aromatic rings. The topological polar surface area (TPSA) is 20.2 Å². The predicted molar refractivity (Wildman–Crippen MR) is 65.4 cm³/mol. The van der Waals surface area contributed by atoms with E-state index in [2.05, 4.69) is 12.6 Å². The molecule has 0 spiro atoms. The summed E-state index contributed by atoms with van der Waals surface area (Å²) >= 11 is 1.77. The molecule has 0 aromatic carbocycles. The lowest BCUT2D eigenvalue weighted by molar-refractivity contribution is 0.220. The first-order chi connectivity index (χ1) is 7.18. The second-order valence-corrected chi connectivity index (χ2v) is 5.58. The van der Waals surface area contributed by atoms with Gasteiger partial charge in [0.05, 0.1) is 0 Å². The van der Waals surface area contributed by atoms with E-state index >= 15 is 0 Å². The number of hydrogen-bond acceptors (Lipinski definition) is 2. The molecule has 0 saturated heterocycles. The van der Waals surface area contributed by atoms with Gasteiger partial charge >= 0.3 is 0 Å². The second kappa shape index (κ2) is 4.50. The standard InChI is InChI=1S/C13H18OS/c1-9(2)13(14)12-8-10-6-4-3-5-7-11(10)15-12/h8,13-14H,1,3-7H2,2H3. The van der Waals surface area contributed by atoms with Crippen molar-refractivity contribution in [3.63, 3.8) is 0 Å². The highest BCUT2D eigenvalue weighted by Crippen LogP contribution is 2.34. The minimum atomic E-state index is -0.457. The molecule has 2 heteroatoms. The number of aliphatic hydroxyl groups excluding tert-OH is 1. The van der Waals surface area contributed by atoms with Gasteiger partial charge in [-0.05, 0) is 49.8 Å². The molecule has 1 nitrogen and oxygen atoms in total. The molecule has 1 aliphatic rings. The minimum Gasteiger partial charge on any atom is -0.383 e. The van der Waals surface area contributed by atoms with Crippen molar-refractivity contribution in [3.8, 4) is 0 Å². The molecule has 0 aliphatic heterocycles. The molecule has 0 amide bonds. The van der Waals surface area contributed by atoms with E-state index in [0.717, 1.165) is 10.5 Å². The fourth-order valence-corrected chi connectivity index (χ4v) is 3.41. The van der Waals surface area contributed by atoms with E-state index in [-0.39, 0.29) is 0 Å². The zero-order chi connectivity index (χ0) is 10.8. The Labute approximate surface area is 95.5 Å². The second-order valence-electron chi connectivity index (χ2n) is 4.41. The van der Waals surface area contributed by atoms with E-state index in [9.17, 15) is 5.11 Å². The highest BCUT2D eigenvalue weighted by Gasteiger charge is 2.16. The maximum atomic E-state index is 9.93. The van der Waals surface area contributed by atoms with Crippen molar-refractivity contribution in [2.75, 3.05) is 0 Å². The zero-order valence-electron chi connectivity index (χ0n) is 9.25. The molecule has 1 unspecified atom stereocenters. The summed E-state index contributed by atoms with van der Waals surface area (Å²) in [4.78, 5) is 2.57. The normalized spacial score (nSPS) is 18.0. The molecule has 15 heavy (non-hydrogen) atoms. The van der Waals surface area contributed by atoms with Gasteiger partial charge in [-0.25, -0.2) is 0 Å². The molecular weight excluding hydrogens is 204 g/mol. The van der Waals surface area contributed by atoms with E-state index in [0.29, 0.717) is 0 Å². The molecule has 1 atom stereocenters. The highest BCUT2D eigenvalue weighted by atomic mass is 32.1. The number of rotatable bonds is 2. The summed E-state index contributed by atoms with van der Waals surface area (Å²) in [5, 5.41) is 9.93. The van der Waals surface area contributed by atoms with E-state index in [4.69, 9.17) is 0 Å². The quantitative estimate of drug-likeness (QED) is 0.598. The Balaban J connectivity index is 2.25. The number of hydrogen-bond donors (Lipinski definition) is 1. The molecular formula is C13H18OS. The van der Waals surface area contributed by atoms with Crippen molar-refractivity contribution in [1.29, 1.82) is 0 Å². The van der Waals surface area contributed by atoms with Crippen LogP contribution in [-0.4, -0.2) is 5.11 Å². The van der Waals surface area contributed by atoms with Crippen LogP contribution in [0, 0.1) is 0 Å². The Morgan fingerprint density at radius 3 is 2.87 bits per heavy atom. The average Bonchev–Trinajstić information content (AvgIpc) is 2.49. The van der Waals surface area contributed by atoms with Gasteiger partial charge in [-0.15, -0.1) is 11.3 Å². The van der Waals surface area contributed by atoms with Gasteiger partial charge < -0.3 is 5.11 Å². The average molecular weight is 222 g/mol. The van der Waals surface area contributed by atoms with Crippen molar-refractivity contribution in [1.82, 2.24) is 0 Å². The summed E-state index contributed by atoms with van der Waals surface area (Å²) < 4.78 is 0. The number of fused-ring (bicyclic) bond motifs is 1. The van der Waals surface area contributed by atoms with Crippen LogP contribution in [0.3, 0.4) is 0 Å². The Morgan fingerprint density at radius 1 is 1.40 bits per heavy atom. The first-order valence-electron chi connectivity index (χ1n) is 5.63. The Morgan fingerprint density at radius 2 is 2.13 bits per heavy atom. The van der Waals surface area contributed by atoms with E-state index in [1.165, 1.54) is 42.5 Å². The minimum absolute atomic E-state index is 0.457. The van der Waals surface area contributed by atoms with E-state index in [1.54, 1.807) is 11.3 Å². The van der Waals surface area contributed by atoms with Crippen molar-refractivity contribution in [2.24, 2.45) is 0 Å². The molecule has 0 radical (unpaired) electrons. The van der Waals surface area contributed by atoms with Crippen LogP contribution in [0.4, 0.5) is 0 Å². The van der Waals surface area contributed by atoms with Gasteiger partial charge in [0, 0.05) is 9.75 Å². The van der Waals surface area contributed by atoms with E-state index < -0.39 is 6.10 Å². The summed E-state index contributed by atoms with van der Waals surface area (Å²) in [6.07, 6.45) is 5.88. The third kappa shape index (κ3) is 2.32. The molecule has 1 aliphatic carbocycles. The lowest BCUT2D eigenvalue weighted by Crippen LogP contribution is -1.94. The highest BCUT2D eigenvalue weighted by molar-refractivity contribution is 7.12. The molecule has 2 rings (SSSR count). The smallest absolute Gasteiger partial charge is 0.109 e. The molecule has 0 saturated carbocycles. The summed E-state index contributed by atoms with van der Waals surface area (Å²) in [5.41, 5.74) is 2.30. The molecule has 1 N–H and O–H groups in total. The zero-order valence-corrected chi connectivity index (χ0v) is 10.1. The maximum absolute atomic E-state index is 9.93. The van der Waals surface area contributed by atoms with Crippen molar-refractivity contribution in [3.05, 3.63) is 33.5 Å². The fraction of sp³-hybridized carbons (Fsp3) is 0.538. The van der Waals surface area contributed by atoms with Gasteiger partial charge in [-0.1, -0.05) is 13.0 Å². The van der Waals surface area contributed by atoms with Crippen LogP contribution in [0.15, 0.2) is 18.2 Å². The first kappa shape index (κ1) is 10.9. The molecule has 1 aromatic heterocycles. The van der Waals surface area contributed by atoms with Crippen LogP contribution in [0.2, 0.25) is 0 Å². The summed E-state index contributed by atoms with van der Waals surface area (Å²) in [6, 6.07) is 2.19. The maximum Gasteiger partial charge on any atom is 0.109 e. The van der Waals surface area contributed by atoms with Gasteiger partial charge in [-0.3, -0.25) is 0 Å². The van der Waals surface area contributed by atoms with Crippen LogP contribution >= 0.6 is 11.3 Å². The number of aliphatic hydroxyl groups is 1. The lowest BCUT2D eigenvalue weighted by atomic mass is 10.1. The number of thiophene rings is 1. The van der Waals surface area contributed by atoms with Crippen molar-refractivity contribution in [2.45, 2.75) is 45.1 Å². The monoisotopic (exact) mass is 222 g/mol. The van der Waals surface area contributed by atoms with Crippen LogP contribution in [0.5, 0.6) is 0 Å². The van der Waals surface area contributed by atoms with Gasteiger partial charge in [0.1, 0.15) is 6.10 Å². The van der Waals surface area contributed by atoms with Crippen molar-refractivity contribution >= 4 is 11.3 Å². The van der Waals surface area contributed by atoms with Gasteiger partial charge in [0.2, 0.25) is 0 Å². The third-order valence-corrected chi connectivity index (χ3v) is 4.29. The van der Waals surface area contributed by atoms with Crippen LogP contribution in [0.25, 0.3) is 0 Å². The van der Waals surface area contributed by atoms with Crippen LogP contribution < -0.4 is 0 Å². The molecule has 0 bridgehead atoms. The molecule has 1 heterocycles. The van der Waals surface area contributed by atoms with Gasteiger partial charge in [0.15, 0.2) is 0 Å². The first-order valence-corrected chi connectivity index (χ1v) is 6.45. The van der Waals surface area contributed by atoms with Gasteiger partial charge in [-0.2, -0.15) is 0 Å². The molecule has 82 valence electrons. The largest absolute Gasteiger partial charge is 0.383 e. The van der Waals surface area contributed by atoms with Crippen molar-refractivity contribution < 1.29 is 5.11 Å². The van der Waals surface area contributed by atoms with Crippen LogP contribution in [-0.2, 0) is 12.8 Å². The predicted octanol–water partition coefficient (Wildman–Crippen LogP) is 3.63. The summed E-state index contributed by atoms with van der Waals surface area (Å²) in [6.45, 7) is 5.70. The Hall–Kier alpha value is -0.600. The SMILES string of the molecule is C=C(C)C(O)c1cc2c(s1)CCCCC2. The van der Waals surface area contributed by atoms with Crippen LogP contribution in [0.1, 0.15) is 47.6 Å². The number of aryl methyl sites for hydroxylation is 2. The van der Waals surface area contributed by atoms with E-state index in [1.807, 2.05) is 6.92 Å². The third-order valence-electron chi connectivity index (χ3n) is 3.00. The summed E-state index contributed by atoms with van der Waals surface area (Å²) in [7, 11) is 0. The lowest BCUT2D eigenvalue weighted by Gasteiger charge is -2.06.